The maximum atomic E-state index is 13.3. The molecule has 1 aromatic heterocycles. The quantitative estimate of drug-likeness (QED) is 0.371. The molecule has 1 unspecified atom stereocenters. The molecule has 1 aliphatic heterocycles. The molecule has 2 fully saturated rings. The highest BCUT2D eigenvalue weighted by Gasteiger charge is 2.33. The van der Waals surface area contributed by atoms with Crippen LogP contribution in [0.5, 0.6) is 0 Å². The molecule has 6 rings (SSSR count). The number of anilines is 1. The molecule has 6 nitrogen and oxygen atoms in total. The lowest BCUT2D eigenvalue weighted by Crippen LogP contribution is -2.35. The monoisotopic (exact) mass is 466 g/mol. The molecule has 6 heteroatoms. The second-order valence-electron chi connectivity index (χ2n) is 9.80. The van der Waals surface area contributed by atoms with Crippen LogP contribution in [0.4, 0.5) is 5.69 Å². The highest BCUT2D eigenvalue weighted by Crippen LogP contribution is 2.41. The summed E-state index contributed by atoms with van der Waals surface area (Å²) in [5.41, 5.74) is 5.73. The number of nitrogens with zero attached hydrogens (tertiary/aromatic N) is 2. The van der Waals surface area contributed by atoms with Crippen LogP contribution in [0.2, 0.25) is 0 Å². The maximum Gasteiger partial charge on any atom is 0.251 e. The molecule has 1 saturated carbocycles. The Morgan fingerprint density at radius 2 is 1.71 bits per heavy atom. The van der Waals surface area contributed by atoms with Crippen molar-refractivity contribution in [2.45, 2.75) is 37.8 Å². The van der Waals surface area contributed by atoms with Gasteiger partial charge in [-0.1, -0.05) is 42.5 Å². The van der Waals surface area contributed by atoms with Crippen LogP contribution in [0.25, 0.3) is 22.2 Å². The number of rotatable bonds is 6. The molecule has 1 atom stereocenters. The average Bonchev–Trinajstić information content (AvgIpc) is 3.66. The minimum atomic E-state index is -0.181. The van der Waals surface area contributed by atoms with E-state index < -0.39 is 0 Å². The van der Waals surface area contributed by atoms with Crippen molar-refractivity contribution in [2.75, 3.05) is 18.0 Å². The van der Waals surface area contributed by atoms with Crippen LogP contribution in [-0.4, -0.2) is 40.4 Å². The van der Waals surface area contributed by atoms with E-state index in [0.29, 0.717) is 11.5 Å². The van der Waals surface area contributed by atoms with Crippen molar-refractivity contribution in [1.82, 2.24) is 15.5 Å². The number of benzene rings is 3. The van der Waals surface area contributed by atoms with E-state index in [0.717, 1.165) is 72.2 Å². The van der Waals surface area contributed by atoms with E-state index >= 15 is 0 Å². The zero-order chi connectivity index (χ0) is 23.8. The minimum absolute atomic E-state index is 0.0478. The van der Waals surface area contributed by atoms with Gasteiger partial charge < -0.3 is 15.3 Å². The zero-order valence-corrected chi connectivity index (χ0v) is 19.7. The van der Waals surface area contributed by atoms with Crippen molar-refractivity contribution in [3.63, 3.8) is 0 Å². The Bertz CT molecular complexity index is 1320. The van der Waals surface area contributed by atoms with E-state index in [1.165, 1.54) is 0 Å². The Morgan fingerprint density at radius 3 is 2.43 bits per heavy atom. The number of fused-ring (bicyclic) bond motifs is 1. The SMILES string of the molecule is O=C(NC(c1ccccc1)C1CC1)c1ccc2[nH]nc(-c3ccc(N4CCC(O)CC4)cc3)c2c1. The first kappa shape index (κ1) is 21.9. The Labute approximate surface area is 205 Å². The molecular weight excluding hydrogens is 436 g/mol. The summed E-state index contributed by atoms with van der Waals surface area (Å²) in [5, 5.41) is 21.7. The fraction of sp³-hybridized carbons (Fsp3) is 0.310. The highest BCUT2D eigenvalue weighted by molar-refractivity contribution is 6.01. The molecule has 3 N–H and O–H groups in total. The Hall–Kier alpha value is -3.64. The van der Waals surface area contributed by atoms with Crippen molar-refractivity contribution >= 4 is 22.5 Å². The number of hydrogen-bond acceptors (Lipinski definition) is 4. The minimum Gasteiger partial charge on any atom is -0.393 e. The van der Waals surface area contributed by atoms with Gasteiger partial charge in [0.05, 0.1) is 23.4 Å². The third kappa shape index (κ3) is 4.54. The van der Waals surface area contributed by atoms with Gasteiger partial charge in [-0.25, -0.2) is 0 Å². The van der Waals surface area contributed by atoms with Gasteiger partial charge in [0.15, 0.2) is 0 Å². The summed E-state index contributed by atoms with van der Waals surface area (Å²) in [5.74, 6) is 0.457. The molecule has 1 aliphatic carbocycles. The lowest BCUT2D eigenvalue weighted by atomic mass is 10.0. The average molecular weight is 467 g/mol. The summed E-state index contributed by atoms with van der Waals surface area (Å²) in [6.07, 6.45) is 3.74. The Balaban J connectivity index is 1.24. The van der Waals surface area contributed by atoms with Crippen molar-refractivity contribution in [2.24, 2.45) is 5.92 Å². The standard InChI is InChI=1S/C29H30N4O2/c34-24-14-16-33(17-15-24)23-11-8-21(9-12-23)28-25-18-22(10-13-26(25)31-32-28)29(35)30-27(20-6-7-20)19-4-2-1-3-5-19/h1-5,8-13,18,20,24,27,34H,6-7,14-17H2,(H,30,35)(H,31,32). The van der Waals surface area contributed by atoms with Crippen LogP contribution in [0.1, 0.15) is 47.6 Å². The number of carbonyl (C=O) groups excluding carboxylic acids is 1. The summed E-state index contributed by atoms with van der Waals surface area (Å²) in [6.45, 7) is 1.74. The van der Waals surface area contributed by atoms with Crippen LogP contribution < -0.4 is 10.2 Å². The number of aliphatic hydroxyl groups is 1. The van der Waals surface area contributed by atoms with Gasteiger partial charge in [-0.2, -0.15) is 5.10 Å². The van der Waals surface area contributed by atoms with Crippen molar-refractivity contribution < 1.29 is 9.90 Å². The van der Waals surface area contributed by atoms with E-state index in [4.69, 9.17) is 0 Å². The third-order valence-electron chi connectivity index (χ3n) is 7.33. The van der Waals surface area contributed by atoms with E-state index in [9.17, 15) is 9.90 Å². The lowest BCUT2D eigenvalue weighted by Gasteiger charge is -2.31. The summed E-state index contributed by atoms with van der Waals surface area (Å²) in [7, 11) is 0. The fourth-order valence-corrected chi connectivity index (χ4v) is 5.12. The third-order valence-corrected chi connectivity index (χ3v) is 7.33. The predicted octanol–water partition coefficient (Wildman–Crippen LogP) is 5.07. The smallest absolute Gasteiger partial charge is 0.251 e. The summed E-state index contributed by atoms with van der Waals surface area (Å²) >= 11 is 0. The molecule has 178 valence electrons. The maximum absolute atomic E-state index is 13.3. The number of H-pyrrole nitrogens is 1. The van der Waals surface area contributed by atoms with E-state index in [1.54, 1.807) is 0 Å². The topological polar surface area (TPSA) is 81.2 Å². The Kier molecular flexibility index (Phi) is 5.74. The van der Waals surface area contributed by atoms with E-state index in [-0.39, 0.29) is 18.1 Å². The van der Waals surface area contributed by atoms with Gasteiger partial charge in [-0.05, 0) is 67.5 Å². The van der Waals surface area contributed by atoms with Crippen LogP contribution in [0, 0.1) is 5.92 Å². The van der Waals surface area contributed by atoms with Gasteiger partial charge in [-0.15, -0.1) is 0 Å². The normalized spacial score (nSPS) is 17.5. The number of aromatic amines is 1. The number of nitrogens with one attached hydrogen (secondary N) is 2. The number of amides is 1. The first-order valence-electron chi connectivity index (χ1n) is 12.5. The predicted molar refractivity (Wildman–Crippen MR) is 138 cm³/mol. The molecular formula is C29H30N4O2. The number of hydrogen-bond donors (Lipinski definition) is 3. The second kappa shape index (κ2) is 9.19. The van der Waals surface area contributed by atoms with E-state index in [2.05, 4.69) is 56.8 Å². The van der Waals surface area contributed by atoms with Gasteiger partial charge >= 0.3 is 0 Å². The number of aliphatic hydroxyl groups excluding tert-OH is 1. The van der Waals surface area contributed by atoms with E-state index in [1.807, 2.05) is 36.4 Å². The largest absolute Gasteiger partial charge is 0.393 e. The Morgan fingerprint density at radius 1 is 0.971 bits per heavy atom. The molecule has 1 saturated heterocycles. The van der Waals surface area contributed by atoms with Gasteiger partial charge in [0.2, 0.25) is 0 Å². The van der Waals surface area contributed by atoms with Crippen LogP contribution in [-0.2, 0) is 0 Å². The molecule has 35 heavy (non-hydrogen) atoms. The molecule has 2 heterocycles. The first-order chi connectivity index (χ1) is 17.2. The van der Waals surface area contributed by atoms with Gasteiger partial charge in [0, 0.05) is 35.3 Å². The highest BCUT2D eigenvalue weighted by atomic mass is 16.3. The van der Waals surface area contributed by atoms with Gasteiger partial charge in [-0.3, -0.25) is 9.89 Å². The van der Waals surface area contributed by atoms with Crippen LogP contribution in [0.3, 0.4) is 0 Å². The molecule has 0 bridgehead atoms. The van der Waals surface area contributed by atoms with Crippen LogP contribution >= 0.6 is 0 Å². The molecule has 4 aromatic rings. The fourth-order valence-electron chi connectivity index (χ4n) is 5.12. The molecule has 0 radical (unpaired) electrons. The molecule has 2 aliphatic rings. The number of piperidine rings is 1. The summed E-state index contributed by atoms with van der Waals surface area (Å²) < 4.78 is 0. The summed E-state index contributed by atoms with van der Waals surface area (Å²) in [6, 6.07) is 24.4. The first-order valence-corrected chi connectivity index (χ1v) is 12.5. The number of carbonyl (C=O) groups is 1. The van der Waals surface area contributed by atoms with Gasteiger partial charge in [0.1, 0.15) is 0 Å². The second-order valence-corrected chi connectivity index (χ2v) is 9.80. The van der Waals surface area contributed by atoms with Gasteiger partial charge in [0.25, 0.3) is 5.91 Å². The molecule has 3 aromatic carbocycles. The van der Waals surface area contributed by atoms with Crippen molar-refractivity contribution in [1.29, 1.82) is 0 Å². The molecule has 0 spiro atoms. The molecule has 1 amide bonds. The zero-order valence-electron chi connectivity index (χ0n) is 19.7. The van der Waals surface area contributed by atoms with Crippen LogP contribution in [0.15, 0.2) is 72.8 Å². The number of aromatic nitrogens is 2. The van der Waals surface area contributed by atoms with Crippen molar-refractivity contribution in [3.05, 3.63) is 83.9 Å². The van der Waals surface area contributed by atoms with Crippen molar-refractivity contribution in [3.8, 4) is 11.3 Å². The summed E-state index contributed by atoms with van der Waals surface area (Å²) in [4.78, 5) is 15.6. The lowest BCUT2D eigenvalue weighted by molar-refractivity contribution is 0.0931.